The number of nitrogens with one attached hydrogen (secondary N) is 2. The van der Waals surface area contributed by atoms with Crippen LogP contribution < -0.4 is 9.44 Å². The maximum absolute atomic E-state index is 12.0. The van der Waals surface area contributed by atoms with Crippen molar-refractivity contribution in [3.63, 3.8) is 0 Å². The fraction of sp³-hybridized carbons (Fsp3) is 1.00. The molecular weight excluding hydrogens is 440 g/mol. The highest BCUT2D eigenvalue weighted by atomic mass is 32.2. The molecule has 0 aromatic heterocycles. The monoisotopic (exact) mass is 494 g/mol. The lowest BCUT2D eigenvalue weighted by molar-refractivity contribution is 0.0239. The first-order valence-electron chi connectivity index (χ1n) is 13.5. The van der Waals surface area contributed by atoms with Gasteiger partial charge in [0.2, 0.25) is 0 Å². The standard InChI is InChI=1S/C25H54N2O5S/c1-3-4-5-6-7-8-9-10-11-12-13-16-19-26-33(28,29)27-20-17-14-15-18-21-31-24-25-32-23-22-30-2/h26-27H,3-25H2,1-2H3. The van der Waals surface area contributed by atoms with E-state index in [1.165, 1.54) is 64.2 Å². The second kappa shape index (κ2) is 26.4. The Labute approximate surface area is 205 Å². The van der Waals surface area contributed by atoms with Gasteiger partial charge in [0.15, 0.2) is 0 Å². The molecule has 0 heterocycles. The minimum atomic E-state index is -3.36. The predicted molar refractivity (Wildman–Crippen MR) is 138 cm³/mol. The van der Waals surface area contributed by atoms with Crippen LogP contribution in [0.2, 0.25) is 0 Å². The van der Waals surface area contributed by atoms with E-state index in [-0.39, 0.29) is 0 Å². The highest BCUT2D eigenvalue weighted by Crippen LogP contribution is 2.11. The Morgan fingerprint density at radius 3 is 1.39 bits per heavy atom. The summed E-state index contributed by atoms with van der Waals surface area (Å²) in [5.41, 5.74) is 0. The molecule has 0 radical (unpaired) electrons. The van der Waals surface area contributed by atoms with E-state index >= 15 is 0 Å². The third-order valence-electron chi connectivity index (χ3n) is 5.63. The van der Waals surface area contributed by atoms with Gasteiger partial charge in [-0.15, -0.1) is 0 Å². The Morgan fingerprint density at radius 2 is 0.909 bits per heavy atom. The fourth-order valence-electron chi connectivity index (χ4n) is 3.58. The van der Waals surface area contributed by atoms with Gasteiger partial charge < -0.3 is 14.2 Å². The molecule has 0 unspecified atom stereocenters. The Morgan fingerprint density at radius 1 is 0.515 bits per heavy atom. The average molecular weight is 495 g/mol. The van der Waals surface area contributed by atoms with Crippen LogP contribution in [-0.2, 0) is 24.4 Å². The number of ether oxygens (including phenoxy) is 3. The van der Waals surface area contributed by atoms with Crippen molar-refractivity contribution in [3.8, 4) is 0 Å². The lowest BCUT2D eigenvalue weighted by Gasteiger charge is -2.08. The lowest BCUT2D eigenvalue weighted by atomic mass is 10.1. The van der Waals surface area contributed by atoms with Gasteiger partial charge in [-0.25, -0.2) is 9.44 Å². The molecule has 0 bridgehead atoms. The van der Waals surface area contributed by atoms with Gasteiger partial charge in [-0.3, -0.25) is 0 Å². The van der Waals surface area contributed by atoms with Gasteiger partial charge in [-0.1, -0.05) is 90.4 Å². The van der Waals surface area contributed by atoms with Crippen molar-refractivity contribution in [1.82, 2.24) is 9.44 Å². The topological polar surface area (TPSA) is 85.9 Å². The molecule has 0 aromatic rings. The van der Waals surface area contributed by atoms with E-state index in [9.17, 15) is 8.42 Å². The highest BCUT2D eigenvalue weighted by Gasteiger charge is 2.07. The molecule has 33 heavy (non-hydrogen) atoms. The Balaban J connectivity index is 3.30. The molecule has 0 fully saturated rings. The molecule has 0 aliphatic heterocycles. The second-order valence-corrected chi connectivity index (χ2v) is 10.4. The maximum Gasteiger partial charge on any atom is 0.276 e. The van der Waals surface area contributed by atoms with Crippen LogP contribution in [0.1, 0.15) is 110 Å². The summed E-state index contributed by atoms with van der Waals surface area (Å²) in [6, 6.07) is 0. The highest BCUT2D eigenvalue weighted by molar-refractivity contribution is 7.87. The van der Waals surface area contributed by atoms with E-state index in [0.717, 1.165) is 45.1 Å². The summed E-state index contributed by atoms with van der Waals surface area (Å²) in [6.07, 6.45) is 19.2. The Bertz CT molecular complexity index is 441. The summed E-state index contributed by atoms with van der Waals surface area (Å²) in [6.45, 7) is 6.41. The first-order valence-corrected chi connectivity index (χ1v) is 15.0. The van der Waals surface area contributed by atoms with Crippen LogP contribution in [0.15, 0.2) is 0 Å². The molecule has 8 heteroatoms. The van der Waals surface area contributed by atoms with E-state index < -0.39 is 10.2 Å². The molecule has 0 atom stereocenters. The summed E-state index contributed by atoms with van der Waals surface area (Å²) < 4.78 is 45.0. The van der Waals surface area contributed by atoms with Crippen LogP contribution in [0, 0.1) is 0 Å². The van der Waals surface area contributed by atoms with Crippen molar-refractivity contribution < 1.29 is 22.6 Å². The first-order chi connectivity index (χ1) is 16.1. The van der Waals surface area contributed by atoms with Gasteiger partial charge in [0, 0.05) is 26.8 Å². The van der Waals surface area contributed by atoms with Gasteiger partial charge >= 0.3 is 0 Å². The zero-order chi connectivity index (χ0) is 24.3. The molecule has 0 amide bonds. The van der Waals surface area contributed by atoms with E-state index in [0.29, 0.717) is 39.5 Å². The van der Waals surface area contributed by atoms with Crippen molar-refractivity contribution in [3.05, 3.63) is 0 Å². The van der Waals surface area contributed by atoms with E-state index in [1.54, 1.807) is 7.11 Å². The van der Waals surface area contributed by atoms with Gasteiger partial charge in [0.1, 0.15) is 0 Å². The van der Waals surface area contributed by atoms with Gasteiger partial charge in [0.05, 0.1) is 26.4 Å². The van der Waals surface area contributed by atoms with Crippen LogP contribution in [0.25, 0.3) is 0 Å². The lowest BCUT2D eigenvalue weighted by Crippen LogP contribution is -2.37. The minimum absolute atomic E-state index is 0.488. The van der Waals surface area contributed by atoms with Crippen LogP contribution in [0.4, 0.5) is 0 Å². The normalized spacial score (nSPS) is 11.9. The fourth-order valence-corrected chi connectivity index (χ4v) is 4.51. The molecule has 200 valence electrons. The number of hydrogen-bond acceptors (Lipinski definition) is 5. The summed E-state index contributed by atoms with van der Waals surface area (Å²) in [5, 5.41) is 0. The number of hydrogen-bond donors (Lipinski definition) is 2. The Hall–Kier alpha value is -0.250. The van der Waals surface area contributed by atoms with Crippen molar-refractivity contribution in [2.75, 3.05) is 53.2 Å². The number of rotatable bonds is 28. The van der Waals surface area contributed by atoms with Crippen molar-refractivity contribution in [1.29, 1.82) is 0 Å². The Kier molecular flexibility index (Phi) is 26.2. The molecule has 0 spiro atoms. The summed E-state index contributed by atoms with van der Waals surface area (Å²) in [7, 11) is -1.70. The third-order valence-corrected chi connectivity index (χ3v) is 6.80. The van der Waals surface area contributed by atoms with E-state index in [2.05, 4.69) is 16.4 Å². The number of methoxy groups -OCH3 is 1. The zero-order valence-corrected chi connectivity index (χ0v) is 22.5. The van der Waals surface area contributed by atoms with Gasteiger partial charge in [-0.05, 0) is 19.3 Å². The van der Waals surface area contributed by atoms with Crippen LogP contribution in [-0.4, -0.2) is 61.7 Å². The molecule has 0 saturated carbocycles. The SMILES string of the molecule is CCCCCCCCCCCCCCNS(=O)(=O)NCCCCCCOCCOCCOC. The predicted octanol–water partition coefficient (Wildman–Crippen LogP) is 5.35. The van der Waals surface area contributed by atoms with Crippen molar-refractivity contribution in [2.45, 2.75) is 110 Å². The van der Waals surface area contributed by atoms with E-state index in [1.807, 2.05) is 0 Å². The minimum Gasteiger partial charge on any atom is -0.382 e. The molecule has 0 aliphatic carbocycles. The average Bonchev–Trinajstić information content (AvgIpc) is 2.80. The second-order valence-electron chi connectivity index (χ2n) is 8.81. The van der Waals surface area contributed by atoms with Crippen molar-refractivity contribution >= 4 is 10.2 Å². The van der Waals surface area contributed by atoms with Crippen molar-refractivity contribution in [2.24, 2.45) is 0 Å². The van der Waals surface area contributed by atoms with E-state index in [4.69, 9.17) is 14.2 Å². The molecule has 7 nitrogen and oxygen atoms in total. The largest absolute Gasteiger partial charge is 0.382 e. The molecule has 2 N–H and O–H groups in total. The molecule has 0 aliphatic rings. The quantitative estimate of drug-likeness (QED) is 0.143. The molecule has 0 rings (SSSR count). The van der Waals surface area contributed by atoms with Crippen LogP contribution in [0.3, 0.4) is 0 Å². The smallest absolute Gasteiger partial charge is 0.276 e. The maximum atomic E-state index is 12.0. The first kappa shape index (κ1) is 32.8. The summed E-state index contributed by atoms with van der Waals surface area (Å²) in [5.74, 6) is 0. The van der Waals surface area contributed by atoms with Crippen LogP contribution >= 0.6 is 0 Å². The van der Waals surface area contributed by atoms with Gasteiger partial charge in [0.25, 0.3) is 10.2 Å². The molecule has 0 aromatic carbocycles. The molecular formula is C25H54N2O5S. The third kappa shape index (κ3) is 27.9. The van der Waals surface area contributed by atoms with Crippen LogP contribution in [0.5, 0.6) is 0 Å². The zero-order valence-electron chi connectivity index (χ0n) is 21.7. The summed E-state index contributed by atoms with van der Waals surface area (Å²) >= 11 is 0. The molecule has 0 saturated heterocycles. The number of unbranched alkanes of at least 4 members (excludes halogenated alkanes) is 14. The summed E-state index contributed by atoms with van der Waals surface area (Å²) in [4.78, 5) is 0. The van der Waals surface area contributed by atoms with Gasteiger partial charge in [-0.2, -0.15) is 8.42 Å².